The van der Waals surface area contributed by atoms with Crippen molar-refractivity contribution in [1.82, 2.24) is 16.0 Å². The first-order valence-electron chi connectivity index (χ1n) is 20.4. The molecule has 0 radical (unpaired) electrons. The summed E-state index contributed by atoms with van der Waals surface area (Å²) in [5.41, 5.74) is 4.71. The average Bonchev–Trinajstić information content (AvgIpc) is 3.30. The Kier molecular flexibility index (Phi) is 21.4. The lowest BCUT2D eigenvalue weighted by Crippen LogP contribution is -2.34. The zero-order chi connectivity index (χ0) is 49.6. The fraction of sp³-hybridized carbons (Fsp3) is 0.163. The average molecular weight is 1010 g/mol. The predicted molar refractivity (Wildman–Crippen MR) is 261 cm³/mol. The quantitative estimate of drug-likeness (QED) is 0.0460. The molecule has 68 heavy (non-hydrogen) atoms. The lowest BCUT2D eigenvalue weighted by atomic mass is 10.1. The van der Waals surface area contributed by atoms with Crippen molar-refractivity contribution in [2.75, 3.05) is 17.2 Å². The van der Waals surface area contributed by atoms with Crippen LogP contribution in [-0.2, 0) is 6.42 Å². The third-order valence-electron chi connectivity index (χ3n) is 9.01. The predicted octanol–water partition coefficient (Wildman–Crippen LogP) is 12.7. The minimum atomic E-state index is -3.77. The lowest BCUT2D eigenvalue weighted by molar-refractivity contribution is -0.163. The van der Waals surface area contributed by atoms with Crippen LogP contribution in [0.2, 0.25) is 10.0 Å². The number of carbonyl (C=O) groups is 5. The first kappa shape index (κ1) is 53.7. The van der Waals surface area contributed by atoms with Crippen molar-refractivity contribution in [2.45, 2.75) is 43.7 Å². The summed E-state index contributed by atoms with van der Waals surface area (Å²) in [6, 6.07) is 41.3. The maximum absolute atomic E-state index is 13.3. The second kappa shape index (κ2) is 27.0. The number of imide groups is 2. The van der Waals surface area contributed by atoms with Crippen molar-refractivity contribution in [1.29, 1.82) is 0 Å². The second-order valence-corrected chi connectivity index (χ2v) is 16.2. The summed E-state index contributed by atoms with van der Waals surface area (Å²) in [6.07, 6.45) is -3.06. The van der Waals surface area contributed by atoms with Crippen LogP contribution in [0.1, 0.15) is 56.9 Å². The number of benzene rings is 6. The van der Waals surface area contributed by atoms with E-state index < -0.39 is 40.9 Å². The number of alkyl halides is 4. The number of hydrogen-bond acceptors (Lipinski definition) is 7. The summed E-state index contributed by atoms with van der Waals surface area (Å²) in [6.45, 7) is 4.54. The number of anilines is 2. The summed E-state index contributed by atoms with van der Waals surface area (Å²) in [5, 5.41) is 20.5. The highest BCUT2D eigenvalue weighted by Crippen LogP contribution is 2.31. The minimum absolute atomic E-state index is 0.100. The Balaban J connectivity index is 0.000000235. The number of ether oxygens (including phenoxy) is 2. The number of carboxylic acid groups (broad SMARTS) is 1. The molecule has 0 bridgehead atoms. The van der Waals surface area contributed by atoms with Crippen molar-refractivity contribution in [3.05, 3.63) is 190 Å². The standard InChI is InChI=1S/C22H19ClN2O3.C16H11Cl3F2N2O3.C11H15NO2/c1-15(16-7-3-2-4-8-16)28-18-13-11-17(12-14-18)24-22(27)25-21(26)19-9-5-6-10-20(19)23;17-12-4-2-1-3-11(12)13(24)23-15(25)22-9-5-7-10(8-6-9)26-16(20,21)14(18)19;1-9-4-2-5-10(8-9)6-3-7-12-11(13)14/h2-15H,1H3,(H2,24,25,26,27);1-8,14H,(H2,22,23,24,25);2,4-5,8,12H,3,6-7H2,1H3,(H,13,14). The van der Waals surface area contributed by atoms with E-state index in [0.29, 0.717) is 18.0 Å². The van der Waals surface area contributed by atoms with E-state index in [9.17, 15) is 32.8 Å². The van der Waals surface area contributed by atoms with Gasteiger partial charge in [-0.1, -0.05) is 131 Å². The minimum Gasteiger partial charge on any atom is -0.486 e. The molecule has 0 aliphatic rings. The van der Waals surface area contributed by atoms with Crippen LogP contribution in [0, 0.1) is 6.92 Å². The Labute approximate surface area is 411 Å². The van der Waals surface area contributed by atoms with Gasteiger partial charge in [0, 0.05) is 17.9 Å². The maximum atomic E-state index is 13.3. The third-order valence-corrected chi connectivity index (χ3v) is 10.2. The molecule has 0 aliphatic heterocycles. The maximum Gasteiger partial charge on any atom is 0.428 e. The van der Waals surface area contributed by atoms with Gasteiger partial charge in [0.15, 0.2) is 0 Å². The molecule has 19 heteroatoms. The van der Waals surface area contributed by atoms with Crippen molar-refractivity contribution in [2.24, 2.45) is 0 Å². The molecule has 1 unspecified atom stereocenters. The molecule has 0 spiro atoms. The van der Waals surface area contributed by atoms with Gasteiger partial charge in [-0.2, -0.15) is 8.78 Å². The smallest absolute Gasteiger partial charge is 0.428 e. The summed E-state index contributed by atoms with van der Waals surface area (Å²) >= 11 is 22.1. The molecule has 0 saturated carbocycles. The molecule has 6 aromatic carbocycles. The first-order valence-corrected chi connectivity index (χ1v) is 22.1. The van der Waals surface area contributed by atoms with Gasteiger partial charge in [0.05, 0.1) is 21.2 Å². The summed E-state index contributed by atoms with van der Waals surface area (Å²) in [7, 11) is 0. The van der Waals surface area contributed by atoms with Crippen LogP contribution in [-0.4, -0.2) is 52.6 Å². The lowest BCUT2D eigenvalue weighted by Gasteiger charge is -2.18. The van der Waals surface area contributed by atoms with Crippen LogP contribution in [0.25, 0.3) is 0 Å². The first-order chi connectivity index (χ1) is 32.4. The van der Waals surface area contributed by atoms with Gasteiger partial charge in [-0.15, -0.1) is 0 Å². The summed E-state index contributed by atoms with van der Waals surface area (Å²) in [4.78, 5) is 56.0. The highest BCUT2D eigenvalue weighted by molar-refractivity contribution is 6.44. The largest absolute Gasteiger partial charge is 0.486 e. The molecule has 6 N–H and O–H groups in total. The Hall–Kier alpha value is -6.91. The molecule has 6 rings (SSSR count). The Morgan fingerprint density at radius 3 is 1.60 bits per heavy atom. The molecule has 356 valence electrons. The van der Waals surface area contributed by atoms with E-state index in [4.69, 9.17) is 56.2 Å². The fourth-order valence-electron chi connectivity index (χ4n) is 5.73. The zero-order valence-electron chi connectivity index (χ0n) is 36.3. The number of nitrogens with one attached hydrogen (secondary N) is 5. The van der Waals surface area contributed by atoms with Gasteiger partial charge in [0.1, 0.15) is 17.6 Å². The van der Waals surface area contributed by atoms with Gasteiger partial charge in [-0.25, -0.2) is 14.4 Å². The number of hydrogen-bond donors (Lipinski definition) is 6. The number of rotatable bonds is 14. The van der Waals surface area contributed by atoms with Crippen molar-refractivity contribution in [3.8, 4) is 11.5 Å². The van der Waals surface area contributed by atoms with E-state index in [0.717, 1.165) is 18.4 Å². The topological polar surface area (TPSA) is 184 Å². The number of urea groups is 2. The summed E-state index contributed by atoms with van der Waals surface area (Å²) < 4.78 is 36.8. The second-order valence-electron chi connectivity index (χ2n) is 14.3. The molecule has 0 aromatic heterocycles. The molecule has 0 fully saturated rings. The van der Waals surface area contributed by atoms with Crippen LogP contribution in [0.15, 0.2) is 152 Å². The Morgan fingerprint density at radius 1 is 0.647 bits per heavy atom. The Morgan fingerprint density at radius 2 is 1.13 bits per heavy atom. The van der Waals surface area contributed by atoms with Crippen LogP contribution >= 0.6 is 46.4 Å². The Bertz CT molecular complexity index is 2610. The van der Waals surface area contributed by atoms with Gasteiger partial charge in [-0.05, 0) is 111 Å². The zero-order valence-corrected chi connectivity index (χ0v) is 39.3. The van der Waals surface area contributed by atoms with Crippen LogP contribution in [0.4, 0.5) is 34.5 Å². The number of carbonyl (C=O) groups excluding carboxylic acids is 4. The van der Waals surface area contributed by atoms with Crippen molar-refractivity contribution < 1.29 is 47.3 Å². The molecule has 0 saturated heterocycles. The molecule has 7 amide bonds. The normalized spacial score (nSPS) is 11.0. The third kappa shape index (κ3) is 18.8. The molecular weight excluding hydrogens is 966 g/mol. The summed E-state index contributed by atoms with van der Waals surface area (Å²) in [5.74, 6) is -0.795. The molecule has 1 atom stereocenters. The van der Waals surface area contributed by atoms with Crippen LogP contribution in [0.5, 0.6) is 11.5 Å². The molecule has 13 nitrogen and oxygen atoms in total. The molecule has 0 aliphatic carbocycles. The van der Waals surface area contributed by atoms with E-state index in [1.165, 1.54) is 47.5 Å². The van der Waals surface area contributed by atoms with Gasteiger partial charge in [-0.3, -0.25) is 20.2 Å². The number of aryl methyl sites for hydroxylation is 2. The van der Waals surface area contributed by atoms with Gasteiger partial charge >= 0.3 is 24.3 Å². The van der Waals surface area contributed by atoms with Gasteiger partial charge < -0.3 is 30.5 Å². The van der Waals surface area contributed by atoms with E-state index in [1.807, 2.05) is 43.3 Å². The molecule has 0 heterocycles. The number of amides is 7. The van der Waals surface area contributed by atoms with Crippen molar-refractivity contribution >= 4 is 87.7 Å². The monoisotopic (exact) mass is 1010 g/mol. The SMILES string of the molecule is CC(Oc1ccc(NC(=O)NC(=O)c2ccccc2Cl)cc1)c1ccccc1.Cc1cccc(CCCNC(=O)O)c1.O=C(NC(=O)c1ccccc1Cl)Nc1ccc(OC(F)(F)C(Cl)Cl)cc1. The van der Waals surface area contributed by atoms with E-state index in [2.05, 4.69) is 56.4 Å². The highest BCUT2D eigenvalue weighted by atomic mass is 35.5. The highest BCUT2D eigenvalue weighted by Gasteiger charge is 2.40. The van der Waals surface area contributed by atoms with E-state index in [-0.39, 0.29) is 38.7 Å². The van der Waals surface area contributed by atoms with Gasteiger partial charge in [0.2, 0.25) is 4.84 Å². The fourth-order valence-corrected chi connectivity index (χ4v) is 6.27. The van der Waals surface area contributed by atoms with Gasteiger partial charge in [0.25, 0.3) is 11.8 Å². The van der Waals surface area contributed by atoms with Crippen molar-refractivity contribution in [3.63, 3.8) is 0 Å². The van der Waals surface area contributed by atoms with E-state index in [1.54, 1.807) is 60.7 Å². The molecule has 6 aromatic rings. The van der Waals surface area contributed by atoms with Crippen LogP contribution in [0.3, 0.4) is 0 Å². The van der Waals surface area contributed by atoms with Crippen LogP contribution < -0.4 is 36.1 Å². The van der Waals surface area contributed by atoms with E-state index >= 15 is 0 Å². The molecular formula is C49H45Cl4F2N5O8. The number of halogens is 6.